The van der Waals surface area contributed by atoms with Gasteiger partial charge in [0.05, 0.1) is 12.2 Å². The quantitative estimate of drug-likeness (QED) is 0.497. The molecule has 1 heterocycles. The molecule has 0 bridgehead atoms. The molecule has 0 atom stereocenters. The molecule has 0 radical (unpaired) electrons. The Labute approximate surface area is 170 Å². The molecular weight excluding hydrogens is 368 g/mol. The van der Waals surface area contributed by atoms with Crippen molar-refractivity contribution in [2.75, 3.05) is 6.54 Å². The van der Waals surface area contributed by atoms with Crippen LogP contribution in [0.3, 0.4) is 0 Å². The average molecular weight is 393 g/mol. The van der Waals surface area contributed by atoms with E-state index in [4.69, 9.17) is 4.74 Å². The first-order chi connectivity index (χ1) is 13.6. The lowest BCUT2D eigenvalue weighted by Crippen LogP contribution is -2.30. The molecule has 4 nitrogen and oxygen atoms in total. The zero-order valence-corrected chi connectivity index (χ0v) is 17.0. The minimum absolute atomic E-state index is 0.0262. The van der Waals surface area contributed by atoms with Crippen LogP contribution >= 0.6 is 11.3 Å². The summed E-state index contributed by atoms with van der Waals surface area (Å²) in [5.41, 5.74) is 3.87. The fourth-order valence-corrected chi connectivity index (χ4v) is 3.54. The summed E-state index contributed by atoms with van der Waals surface area (Å²) in [6.07, 6.45) is 1.73. The molecule has 0 aliphatic rings. The van der Waals surface area contributed by atoms with E-state index in [2.05, 4.69) is 31.5 Å². The second-order valence-electron chi connectivity index (χ2n) is 6.56. The van der Waals surface area contributed by atoms with Crippen LogP contribution in [0, 0.1) is 13.8 Å². The Bertz CT molecular complexity index is 950. The van der Waals surface area contributed by atoms with Gasteiger partial charge in [-0.05, 0) is 43.2 Å². The second kappa shape index (κ2) is 9.33. The van der Waals surface area contributed by atoms with E-state index in [1.807, 2.05) is 47.8 Å². The van der Waals surface area contributed by atoms with E-state index in [9.17, 15) is 4.79 Å². The Kier molecular flexibility index (Phi) is 6.61. The van der Waals surface area contributed by atoms with Crippen molar-refractivity contribution >= 4 is 17.2 Å². The molecule has 3 aromatic rings. The second-order valence-corrected chi connectivity index (χ2v) is 7.50. The number of benzene rings is 2. The van der Waals surface area contributed by atoms with Gasteiger partial charge in [-0.15, -0.1) is 17.9 Å². The number of thiazole rings is 1. The largest absolute Gasteiger partial charge is 0.486 e. The number of carbonyl (C=O) groups is 1. The van der Waals surface area contributed by atoms with Crippen LogP contribution in [0.15, 0.2) is 66.6 Å². The first-order valence-electron chi connectivity index (χ1n) is 9.16. The van der Waals surface area contributed by atoms with Gasteiger partial charge in [0, 0.05) is 17.5 Å². The van der Waals surface area contributed by atoms with Gasteiger partial charge in [0.2, 0.25) is 0 Å². The van der Waals surface area contributed by atoms with E-state index < -0.39 is 0 Å². The van der Waals surface area contributed by atoms with E-state index in [0.29, 0.717) is 25.3 Å². The third-order valence-corrected chi connectivity index (χ3v) is 5.39. The van der Waals surface area contributed by atoms with Crippen LogP contribution in [0.5, 0.6) is 5.75 Å². The monoisotopic (exact) mass is 392 g/mol. The first kappa shape index (κ1) is 19.8. The van der Waals surface area contributed by atoms with E-state index in [-0.39, 0.29) is 5.91 Å². The smallest absolute Gasteiger partial charge is 0.254 e. The number of nitrogens with zero attached hydrogens (tertiary/aromatic N) is 2. The molecule has 2 aromatic carbocycles. The first-order valence-corrected chi connectivity index (χ1v) is 10.0. The molecule has 28 heavy (non-hydrogen) atoms. The third-order valence-electron chi connectivity index (χ3n) is 4.52. The summed E-state index contributed by atoms with van der Waals surface area (Å²) in [6.45, 7) is 9.23. The maximum atomic E-state index is 12.8. The van der Waals surface area contributed by atoms with Crippen molar-refractivity contribution < 1.29 is 9.53 Å². The summed E-state index contributed by atoms with van der Waals surface area (Å²) in [5, 5.41) is 2.87. The predicted octanol–water partition coefficient (Wildman–Crippen LogP) is 5.17. The van der Waals surface area contributed by atoms with Gasteiger partial charge in [0.1, 0.15) is 17.4 Å². The van der Waals surface area contributed by atoms with Crippen molar-refractivity contribution in [2.24, 2.45) is 0 Å². The van der Waals surface area contributed by atoms with Crippen molar-refractivity contribution in [1.29, 1.82) is 0 Å². The van der Waals surface area contributed by atoms with Gasteiger partial charge in [-0.3, -0.25) is 4.79 Å². The lowest BCUT2D eigenvalue weighted by atomic mass is 10.1. The molecule has 0 aliphatic carbocycles. The summed E-state index contributed by atoms with van der Waals surface area (Å²) in [5.74, 6) is 0.853. The van der Waals surface area contributed by atoms with Gasteiger partial charge in [0.25, 0.3) is 5.91 Å². The Morgan fingerprint density at radius 1 is 1.18 bits per heavy atom. The highest BCUT2D eigenvalue weighted by Gasteiger charge is 2.16. The van der Waals surface area contributed by atoms with Crippen molar-refractivity contribution in [2.45, 2.75) is 27.0 Å². The molecule has 3 rings (SSSR count). The third kappa shape index (κ3) is 4.87. The van der Waals surface area contributed by atoms with Gasteiger partial charge in [-0.1, -0.05) is 36.4 Å². The number of hydrogen-bond acceptors (Lipinski definition) is 4. The minimum Gasteiger partial charge on any atom is -0.486 e. The number of aryl methyl sites for hydroxylation is 1. The zero-order valence-electron chi connectivity index (χ0n) is 16.2. The number of carbonyl (C=O) groups excluding carboxylic acids is 1. The Hall–Kier alpha value is -2.92. The van der Waals surface area contributed by atoms with Gasteiger partial charge in [0.15, 0.2) is 0 Å². The summed E-state index contributed by atoms with van der Waals surface area (Å²) in [6, 6.07) is 15.3. The standard InChI is InChI=1S/C23H24N2O2S/c1-4-13-25(23(26)19-10-6-5-7-11-19)14-20-16-28-22(24-20)15-27-21-12-8-9-17(2)18(21)3/h4-12,16H,1,13-15H2,2-3H3. The molecule has 5 heteroatoms. The molecule has 0 fully saturated rings. The fourth-order valence-electron chi connectivity index (χ4n) is 2.84. The van der Waals surface area contributed by atoms with Crippen molar-refractivity contribution in [1.82, 2.24) is 9.88 Å². The number of rotatable bonds is 8. The SMILES string of the molecule is C=CCN(Cc1csc(COc2cccc(C)c2C)n1)C(=O)c1ccccc1. The van der Waals surface area contributed by atoms with Crippen molar-refractivity contribution in [3.63, 3.8) is 0 Å². The Morgan fingerprint density at radius 3 is 2.71 bits per heavy atom. The van der Waals surface area contributed by atoms with Gasteiger partial charge in [-0.25, -0.2) is 4.98 Å². The number of ether oxygens (including phenoxy) is 1. The highest BCUT2D eigenvalue weighted by atomic mass is 32.1. The number of hydrogen-bond donors (Lipinski definition) is 0. The van der Waals surface area contributed by atoms with Crippen molar-refractivity contribution in [3.05, 3.63) is 94.0 Å². The predicted molar refractivity (Wildman–Crippen MR) is 114 cm³/mol. The Morgan fingerprint density at radius 2 is 1.96 bits per heavy atom. The maximum absolute atomic E-state index is 12.8. The van der Waals surface area contributed by atoms with Crippen LogP contribution in [0.4, 0.5) is 0 Å². The molecule has 0 spiro atoms. The highest BCUT2D eigenvalue weighted by Crippen LogP contribution is 2.22. The fraction of sp³-hybridized carbons (Fsp3) is 0.217. The van der Waals surface area contributed by atoms with E-state index >= 15 is 0 Å². The van der Waals surface area contributed by atoms with Crippen LogP contribution < -0.4 is 4.74 Å². The Balaban J connectivity index is 1.65. The van der Waals surface area contributed by atoms with E-state index in [1.165, 1.54) is 5.56 Å². The van der Waals surface area contributed by atoms with Crippen LogP contribution in [0.2, 0.25) is 0 Å². The zero-order chi connectivity index (χ0) is 19.9. The van der Waals surface area contributed by atoms with Gasteiger partial charge < -0.3 is 9.64 Å². The molecule has 0 N–H and O–H groups in total. The van der Waals surface area contributed by atoms with Crippen LogP contribution in [0.25, 0.3) is 0 Å². The van der Waals surface area contributed by atoms with Crippen molar-refractivity contribution in [3.8, 4) is 5.75 Å². The number of amides is 1. The van der Waals surface area contributed by atoms with E-state index in [0.717, 1.165) is 22.0 Å². The summed E-state index contributed by atoms with van der Waals surface area (Å²) in [4.78, 5) is 19.1. The van der Waals surface area contributed by atoms with Gasteiger partial charge in [-0.2, -0.15) is 0 Å². The molecule has 1 amide bonds. The molecule has 0 aliphatic heterocycles. The van der Waals surface area contributed by atoms with Crippen LogP contribution in [0.1, 0.15) is 32.2 Å². The molecular formula is C23H24N2O2S. The lowest BCUT2D eigenvalue weighted by molar-refractivity contribution is 0.0761. The molecule has 0 unspecified atom stereocenters. The molecule has 1 aromatic heterocycles. The summed E-state index contributed by atoms with van der Waals surface area (Å²) >= 11 is 1.55. The molecule has 0 saturated carbocycles. The van der Waals surface area contributed by atoms with Crippen LogP contribution in [-0.4, -0.2) is 22.3 Å². The topological polar surface area (TPSA) is 42.4 Å². The lowest BCUT2D eigenvalue weighted by Gasteiger charge is -2.20. The van der Waals surface area contributed by atoms with E-state index in [1.54, 1.807) is 22.3 Å². The highest BCUT2D eigenvalue weighted by molar-refractivity contribution is 7.09. The normalized spacial score (nSPS) is 10.5. The maximum Gasteiger partial charge on any atom is 0.254 e. The number of aromatic nitrogens is 1. The molecule has 0 saturated heterocycles. The molecule has 144 valence electrons. The summed E-state index contributed by atoms with van der Waals surface area (Å²) < 4.78 is 5.94. The van der Waals surface area contributed by atoms with Crippen LogP contribution in [-0.2, 0) is 13.2 Å². The average Bonchev–Trinajstić information content (AvgIpc) is 3.16. The minimum atomic E-state index is -0.0262. The van der Waals surface area contributed by atoms with Gasteiger partial charge >= 0.3 is 0 Å². The summed E-state index contributed by atoms with van der Waals surface area (Å²) in [7, 11) is 0.